The number of ether oxygens (including phenoxy) is 2. The summed E-state index contributed by atoms with van der Waals surface area (Å²) in [5.74, 6) is 4.42. The van der Waals surface area contributed by atoms with Crippen LogP contribution in [0.1, 0.15) is 12.8 Å². The molecule has 2 aromatic rings. The number of methoxy groups -OCH3 is 1. The van der Waals surface area contributed by atoms with Gasteiger partial charge in [0.2, 0.25) is 0 Å². The quantitative estimate of drug-likeness (QED) is 0.782. The number of nitrogens with zero attached hydrogens (tertiary/aromatic N) is 2. The Morgan fingerprint density at radius 1 is 1.08 bits per heavy atom. The average molecular weight is 372 g/mol. The van der Waals surface area contributed by atoms with Gasteiger partial charge in [-0.15, -0.1) is 0 Å². The van der Waals surface area contributed by atoms with E-state index in [1.165, 1.54) is 6.20 Å². The lowest BCUT2D eigenvalue weighted by Gasteiger charge is -2.19. The van der Waals surface area contributed by atoms with Crippen molar-refractivity contribution in [3.8, 4) is 17.2 Å². The molecule has 0 spiro atoms. The van der Waals surface area contributed by atoms with Gasteiger partial charge >= 0.3 is 0 Å². The minimum absolute atomic E-state index is 0.216. The Bertz CT molecular complexity index is 709. The van der Waals surface area contributed by atoms with Crippen molar-refractivity contribution in [3.63, 3.8) is 0 Å². The summed E-state index contributed by atoms with van der Waals surface area (Å²) in [7, 11) is 1.68. The van der Waals surface area contributed by atoms with Crippen molar-refractivity contribution in [2.75, 3.05) is 26.1 Å². The first kappa shape index (κ1) is 17.5. The summed E-state index contributed by atoms with van der Waals surface area (Å²) in [6, 6.07) is 11.4. The molecule has 1 aromatic carbocycles. The Morgan fingerprint density at radius 3 is 2.38 bits per heavy atom. The van der Waals surface area contributed by atoms with Crippen LogP contribution >= 0.6 is 11.8 Å². The highest BCUT2D eigenvalue weighted by Gasteiger charge is 2.41. The fraction of sp³-hybridized carbons (Fsp3) is 0.450. The molecule has 26 heavy (non-hydrogen) atoms. The molecule has 2 heterocycles. The number of thioether (sulfide) groups is 1. The molecule has 1 saturated carbocycles. The maximum absolute atomic E-state index is 9.30. The van der Waals surface area contributed by atoms with Gasteiger partial charge in [-0.25, -0.2) is 4.98 Å². The van der Waals surface area contributed by atoms with E-state index in [9.17, 15) is 5.11 Å². The molecule has 4 rings (SSSR count). The molecule has 6 heteroatoms. The lowest BCUT2D eigenvalue weighted by molar-refractivity contribution is 0.189. The molecule has 0 radical (unpaired) electrons. The van der Waals surface area contributed by atoms with Crippen LogP contribution in [0.4, 0.5) is 0 Å². The highest BCUT2D eigenvalue weighted by atomic mass is 32.2. The third-order valence-electron chi connectivity index (χ3n) is 5.26. The van der Waals surface area contributed by atoms with Crippen molar-refractivity contribution in [2.45, 2.75) is 24.0 Å². The number of pyridine rings is 1. The molecule has 3 atom stereocenters. The van der Waals surface area contributed by atoms with Gasteiger partial charge in [0.25, 0.3) is 0 Å². The number of benzene rings is 1. The number of hydrogen-bond acceptors (Lipinski definition) is 6. The van der Waals surface area contributed by atoms with Crippen LogP contribution in [0, 0.1) is 11.8 Å². The van der Waals surface area contributed by atoms with Gasteiger partial charge in [0.1, 0.15) is 17.2 Å². The zero-order valence-electron chi connectivity index (χ0n) is 14.9. The minimum atomic E-state index is 0.216. The molecule has 1 aliphatic carbocycles. The van der Waals surface area contributed by atoms with E-state index >= 15 is 0 Å². The van der Waals surface area contributed by atoms with Crippen molar-refractivity contribution in [1.82, 2.24) is 9.88 Å². The minimum Gasteiger partial charge on any atom is -0.506 e. The number of fused-ring (bicyclic) bond motifs is 1. The van der Waals surface area contributed by atoms with E-state index in [1.807, 2.05) is 30.3 Å². The van der Waals surface area contributed by atoms with Gasteiger partial charge in [-0.2, -0.15) is 0 Å². The van der Waals surface area contributed by atoms with Gasteiger partial charge in [0, 0.05) is 13.1 Å². The van der Waals surface area contributed by atoms with E-state index in [2.05, 4.69) is 9.88 Å². The van der Waals surface area contributed by atoms with E-state index in [0.29, 0.717) is 6.10 Å². The van der Waals surface area contributed by atoms with E-state index in [1.54, 1.807) is 24.9 Å². The first-order valence-electron chi connectivity index (χ1n) is 9.00. The molecular weight excluding hydrogens is 348 g/mol. The van der Waals surface area contributed by atoms with Crippen LogP contribution < -0.4 is 9.47 Å². The summed E-state index contributed by atoms with van der Waals surface area (Å²) in [6.07, 6.45) is 4.10. The van der Waals surface area contributed by atoms with Crippen LogP contribution in [0.15, 0.2) is 47.6 Å². The zero-order valence-corrected chi connectivity index (χ0v) is 15.7. The smallest absolute Gasteiger partial charge is 0.133 e. The third-order valence-corrected chi connectivity index (χ3v) is 6.29. The number of aromatic hydroxyl groups is 1. The second kappa shape index (κ2) is 7.76. The largest absolute Gasteiger partial charge is 0.506 e. The Morgan fingerprint density at radius 2 is 1.77 bits per heavy atom. The van der Waals surface area contributed by atoms with E-state index < -0.39 is 0 Å². The first-order chi connectivity index (χ1) is 12.7. The van der Waals surface area contributed by atoms with E-state index in [4.69, 9.17) is 9.47 Å². The van der Waals surface area contributed by atoms with Gasteiger partial charge < -0.3 is 14.6 Å². The molecule has 1 saturated heterocycles. The Labute approximate surface area is 158 Å². The molecule has 2 aliphatic rings. The molecule has 0 amide bonds. The number of hydrogen-bond donors (Lipinski definition) is 1. The lowest BCUT2D eigenvalue weighted by Crippen LogP contribution is -2.24. The standard InChI is InChI=1S/C20H24N2O3S/c1-24-17-3-5-18(6-4-17)25-19-8-14-11-22(12-15(14)9-19)13-26-20-7-2-16(23)10-21-20/h2-7,10,14-15,19,23H,8-9,11-13H2,1H3/t14-,15+,19-. The Hall–Kier alpha value is -1.92. The van der Waals surface area contributed by atoms with Crippen LogP contribution in [0.5, 0.6) is 17.2 Å². The molecule has 138 valence electrons. The van der Waals surface area contributed by atoms with E-state index in [-0.39, 0.29) is 5.75 Å². The van der Waals surface area contributed by atoms with Crippen molar-refractivity contribution < 1.29 is 14.6 Å². The van der Waals surface area contributed by atoms with Gasteiger partial charge in [0.05, 0.1) is 30.3 Å². The number of rotatable bonds is 6. The molecule has 1 aliphatic heterocycles. The van der Waals surface area contributed by atoms with Gasteiger partial charge in [-0.05, 0) is 61.1 Å². The normalized spacial score (nSPS) is 25.2. The van der Waals surface area contributed by atoms with Crippen LogP contribution in [-0.2, 0) is 0 Å². The molecule has 0 bridgehead atoms. The summed E-state index contributed by atoms with van der Waals surface area (Å²) in [5, 5.41) is 10.3. The summed E-state index contributed by atoms with van der Waals surface area (Å²) in [5.41, 5.74) is 0. The maximum atomic E-state index is 9.30. The zero-order chi connectivity index (χ0) is 17.9. The SMILES string of the molecule is COc1ccc(O[C@@H]2C[C@@H]3CN(CSc4ccc(O)cn4)C[C@@H]3C2)cc1. The molecular formula is C20H24N2O3S. The van der Waals surface area contributed by atoms with Crippen molar-refractivity contribution in [2.24, 2.45) is 11.8 Å². The summed E-state index contributed by atoms with van der Waals surface area (Å²) in [4.78, 5) is 6.75. The number of likely N-dealkylation sites (tertiary alicyclic amines) is 1. The first-order valence-corrected chi connectivity index (χ1v) is 9.99. The predicted octanol–water partition coefficient (Wildman–Crippen LogP) is 3.63. The maximum Gasteiger partial charge on any atom is 0.133 e. The topological polar surface area (TPSA) is 54.8 Å². The molecule has 1 aromatic heterocycles. The lowest BCUT2D eigenvalue weighted by atomic mass is 10.0. The summed E-state index contributed by atoms with van der Waals surface area (Å²) < 4.78 is 11.4. The molecule has 0 unspecified atom stereocenters. The van der Waals surface area contributed by atoms with Gasteiger partial charge in [-0.1, -0.05) is 11.8 Å². The molecule has 1 N–H and O–H groups in total. The number of aromatic nitrogens is 1. The van der Waals surface area contributed by atoms with Gasteiger partial charge in [0.15, 0.2) is 0 Å². The van der Waals surface area contributed by atoms with Crippen LogP contribution in [0.25, 0.3) is 0 Å². The van der Waals surface area contributed by atoms with Crippen molar-refractivity contribution >= 4 is 11.8 Å². The third kappa shape index (κ3) is 4.07. The highest BCUT2D eigenvalue weighted by Crippen LogP contribution is 2.40. The Kier molecular flexibility index (Phi) is 5.22. The average Bonchev–Trinajstić information content (AvgIpc) is 3.20. The van der Waals surface area contributed by atoms with Crippen molar-refractivity contribution in [1.29, 1.82) is 0 Å². The molecule has 2 fully saturated rings. The van der Waals surface area contributed by atoms with Gasteiger partial charge in [-0.3, -0.25) is 4.90 Å². The van der Waals surface area contributed by atoms with E-state index in [0.717, 1.165) is 60.2 Å². The highest BCUT2D eigenvalue weighted by molar-refractivity contribution is 7.99. The summed E-state index contributed by atoms with van der Waals surface area (Å²) >= 11 is 1.73. The van der Waals surface area contributed by atoms with Crippen LogP contribution in [-0.4, -0.2) is 47.2 Å². The fourth-order valence-corrected chi connectivity index (χ4v) is 4.82. The second-order valence-electron chi connectivity index (χ2n) is 7.07. The van der Waals surface area contributed by atoms with Crippen LogP contribution in [0.3, 0.4) is 0 Å². The molecule has 5 nitrogen and oxygen atoms in total. The predicted molar refractivity (Wildman–Crippen MR) is 102 cm³/mol. The fourth-order valence-electron chi connectivity index (χ4n) is 4.01. The monoisotopic (exact) mass is 372 g/mol. The second-order valence-corrected chi connectivity index (χ2v) is 8.04. The summed E-state index contributed by atoms with van der Waals surface area (Å²) in [6.45, 7) is 2.27. The Balaban J connectivity index is 1.24. The van der Waals surface area contributed by atoms with Crippen molar-refractivity contribution in [3.05, 3.63) is 42.6 Å². The van der Waals surface area contributed by atoms with Crippen LogP contribution in [0.2, 0.25) is 0 Å².